The second kappa shape index (κ2) is 8.50. The molecule has 3 amide bonds. The molecule has 1 atom stereocenters. The number of hydroxylamine groups is 1. The van der Waals surface area contributed by atoms with Crippen molar-refractivity contribution in [1.82, 2.24) is 16.1 Å². The first-order valence-electron chi connectivity index (χ1n) is 7.87. The maximum Gasteiger partial charge on any atom is 0.408 e. The number of hydrogen-bond acceptors (Lipinski definition) is 5. The standard InChI is InChI=1S/C17H24BrN3O5/c1-16(2,3)26-15(24)20-17(4,5)12(14(23)21-25)19-13(22)10-6-8-11(18)9-7-10/h6-9,12,25H,1-5H3,(H,19,22)(H,20,24)(H,21,23). The minimum atomic E-state index is -1.25. The molecule has 0 radical (unpaired) electrons. The minimum Gasteiger partial charge on any atom is -0.444 e. The van der Waals surface area contributed by atoms with Crippen LogP contribution in [0.3, 0.4) is 0 Å². The van der Waals surface area contributed by atoms with Gasteiger partial charge in [-0.15, -0.1) is 0 Å². The predicted octanol–water partition coefficient (Wildman–Crippen LogP) is 2.36. The summed E-state index contributed by atoms with van der Waals surface area (Å²) in [4.78, 5) is 36.5. The van der Waals surface area contributed by atoms with E-state index in [9.17, 15) is 14.4 Å². The Hall–Kier alpha value is -2.13. The smallest absolute Gasteiger partial charge is 0.408 e. The van der Waals surface area contributed by atoms with Crippen LogP contribution in [-0.4, -0.2) is 40.3 Å². The first-order valence-corrected chi connectivity index (χ1v) is 8.66. The highest BCUT2D eigenvalue weighted by Crippen LogP contribution is 2.15. The highest BCUT2D eigenvalue weighted by molar-refractivity contribution is 9.10. The van der Waals surface area contributed by atoms with Crippen LogP contribution >= 0.6 is 15.9 Å². The Morgan fingerprint density at radius 2 is 1.62 bits per heavy atom. The summed E-state index contributed by atoms with van der Waals surface area (Å²) >= 11 is 3.27. The van der Waals surface area contributed by atoms with E-state index in [0.29, 0.717) is 5.56 Å². The van der Waals surface area contributed by atoms with Gasteiger partial charge in [-0.3, -0.25) is 14.8 Å². The molecule has 0 aliphatic heterocycles. The number of nitrogens with one attached hydrogen (secondary N) is 3. The first-order chi connectivity index (χ1) is 11.9. The van der Waals surface area contributed by atoms with Crippen LogP contribution in [0.4, 0.5) is 4.79 Å². The van der Waals surface area contributed by atoms with E-state index in [1.807, 2.05) is 0 Å². The summed E-state index contributed by atoms with van der Waals surface area (Å²) in [6.45, 7) is 8.16. The van der Waals surface area contributed by atoms with E-state index < -0.39 is 35.1 Å². The zero-order valence-corrected chi connectivity index (χ0v) is 16.9. The van der Waals surface area contributed by atoms with Crippen LogP contribution in [0.15, 0.2) is 28.7 Å². The number of carbonyl (C=O) groups is 3. The third-order valence-corrected chi connectivity index (χ3v) is 3.83. The van der Waals surface area contributed by atoms with E-state index in [2.05, 4.69) is 26.6 Å². The molecule has 0 aliphatic carbocycles. The Morgan fingerprint density at radius 1 is 1.08 bits per heavy atom. The van der Waals surface area contributed by atoms with Crippen LogP contribution in [0.2, 0.25) is 0 Å². The van der Waals surface area contributed by atoms with Crippen LogP contribution in [0, 0.1) is 0 Å². The van der Waals surface area contributed by atoms with Crippen LogP contribution in [0.1, 0.15) is 45.0 Å². The fourth-order valence-electron chi connectivity index (χ4n) is 2.09. The maximum absolute atomic E-state index is 12.4. The Kier molecular flexibility index (Phi) is 7.16. The summed E-state index contributed by atoms with van der Waals surface area (Å²) in [6.07, 6.45) is -0.754. The van der Waals surface area contributed by atoms with E-state index in [4.69, 9.17) is 9.94 Å². The molecule has 26 heavy (non-hydrogen) atoms. The number of ether oxygens (including phenoxy) is 1. The number of halogens is 1. The van der Waals surface area contributed by atoms with Crippen LogP contribution in [-0.2, 0) is 9.53 Å². The average molecular weight is 430 g/mol. The minimum absolute atomic E-state index is 0.317. The molecular formula is C17H24BrN3O5. The van der Waals surface area contributed by atoms with Gasteiger partial charge < -0.3 is 15.4 Å². The van der Waals surface area contributed by atoms with Gasteiger partial charge in [0.05, 0.1) is 5.54 Å². The number of rotatable bonds is 5. The second-order valence-electron chi connectivity index (χ2n) is 7.24. The third kappa shape index (κ3) is 6.64. The molecule has 9 heteroatoms. The van der Waals surface area contributed by atoms with Crippen molar-refractivity contribution in [2.45, 2.75) is 51.8 Å². The molecule has 0 bridgehead atoms. The van der Waals surface area contributed by atoms with Crippen molar-refractivity contribution < 1.29 is 24.3 Å². The summed E-state index contributed by atoms with van der Waals surface area (Å²) in [5, 5.41) is 14.1. The van der Waals surface area contributed by atoms with Gasteiger partial charge in [0.15, 0.2) is 0 Å². The lowest BCUT2D eigenvalue weighted by Gasteiger charge is -2.34. The van der Waals surface area contributed by atoms with Gasteiger partial charge in [-0.25, -0.2) is 10.3 Å². The normalized spacial score (nSPS) is 12.7. The fourth-order valence-corrected chi connectivity index (χ4v) is 2.36. The maximum atomic E-state index is 12.4. The third-order valence-electron chi connectivity index (χ3n) is 3.30. The molecule has 0 spiro atoms. The van der Waals surface area contributed by atoms with Gasteiger partial charge in [-0.2, -0.15) is 0 Å². The molecule has 0 heterocycles. The topological polar surface area (TPSA) is 117 Å². The number of amides is 3. The van der Waals surface area contributed by atoms with E-state index in [-0.39, 0.29) is 0 Å². The zero-order valence-electron chi connectivity index (χ0n) is 15.3. The van der Waals surface area contributed by atoms with Crippen molar-refractivity contribution >= 4 is 33.8 Å². The lowest BCUT2D eigenvalue weighted by molar-refractivity contribution is -0.132. The molecule has 1 unspecified atom stereocenters. The monoisotopic (exact) mass is 429 g/mol. The highest BCUT2D eigenvalue weighted by Gasteiger charge is 2.39. The van der Waals surface area contributed by atoms with Crippen LogP contribution in [0.5, 0.6) is 0 Å². The van der Waals surface area contributed by atoms with Gasteiger partial charge >= 0.3 is 6.09 Å². The summed E-state index contributed by atoms with van der Waals surface area (Å²) in [5.74, 6) is -1.42. The van der Waals surface area contributed by atoms with Gasteiger partial charge in [0, 0.05) is 10.0 Å². The van der Waals surface area contributed by atoms with Crippen molar-refractivity contribution in [2.75, 3.05) is 0 Å². The van der Waals surface area contributed by atoms with E-state index in [1.165, 1.54) is 19.3 Å². The lowest BCUT2D eigenvalue weighted by Crippen LogP contribution is -2.64. The van der Waals surface area contributed by atoms with Crippen molar-refractivity contribution in [1.29, 1.82) is 0 Å². The van der Waals surface area contributed by atoms with E-state index in [0.717, 1.165) is 4.47 Å². The van der Waals surface area contributed by atoms with E-state index in [1.54, 1.807) is 45.0 Å². The largest absolute Gasteiger partial charge is 0.444 e. The molecule has 0 aromatic heterocycles. The van der Waals surface area contributed by atoms with Gasteiger partial charge in [-0.1, -0.05) is 15.9 Å². The molecule has 0 saturated carbocycles. The molecule has 1 rings (SSSR count). The van der Waals surface area contributed by atoms with Crippen LogP contribution in [0.25, 0.3) is 0 Å². The molecule has 4 N–H and O–H groups in total. The van der Waals surface area contributed by atoms with Crippen molar-refractivity contribution in [3.63, 3.8) is 0 Å². The Labute approximate surface area is 160 Å². The average Bonchev–Trinajstić information content (AvgIpc) is 2.49. The van der Waals surface area contributed by atoms with Crippen molar-refractivity contribution in [3.05, 3.63) is 34.3 Å². The highest BCUT2D eigenvalue weighted by atomic mass is 79.9. The molecule has 0 saturated heterocycles. The molecule has 144 valence electrons. The Balaban J connectivity index is 2.97. The molecule has 1 aromatic carbocycles. The summed E-state index contributed by atoms with van der Waals surface area (Å²) in [6, 6.07) is 5.25. The quantitative estimate of drug-likeness (QED) is 0.423. The van der Waals surface area contributed by atoms with Crippen molar-refractivity contribution in [2.24, 2.45) is 0 Å². The number of carbonyl (C=O) groups excluding carboxylic acids is 3. The lowest BCUT2D eigenvalue weighted by atomic mass is 9.93. The van der Waals surface area contributed by atoms with Crippen LogP contribution < -0.4 is 16.1 Å². The number of hydrogen-bond donors (Lipinski definition) is 4. The molecule has 8 nitrogen and oxygen atoms in total. The zero-order chi connectivity index (χ0) is 20.1. The summed E-state index contributed by atoms with van der Waals surface area (Å²) < 4.78 is 5.97. The van der Waals surface area contributed by atoms with Gasteiger partial charge in [-0.05, 0) is 58.9 Å². The van der Waals surface area contributed by atoms with Gasteiger partial charge in [0.2, 0.25) is 0 Å². The first kappa shape index (κ1) is 21.9. The Bertz CT molecular complexity index is 668. The predicted molar refractivity (Wildman–Crippen MR) is 98.8 cm³/mol. The fraction of sp³-hybridized carbons (Fsp3) is 0.471. The second-order valence-corrected chi connectivity index (χ2v) is 8.15. The van der Waals surface area contributed by atoms with E-state index >= 15 is 0 Å². The molecule has 1 aromatic rings. The van der Waals surface area contributed by atoms with Crippen molar-refractivity contribution in [3.8, 4) is 0 Å². The number of alkyl carbamates (subject to hydrolysis) is 1. The number of benzene rings is 1. The van der Waals surface area contributed by atoms with Gasteiger partial charge in [0.1, 0.15) is 11.6 Å². The molecular weight excluding hydrogens is 406 g/mol. The summed E-state index contributed by atoms with van der Waals surface area (Å²) in [7, 11) is 0. The molecule has 0 aliphatic rings. The SMILES string of the molecule is CC(C)(C)OC(=O)NC(C)(C)C(NC(=O)c1ccc(Br)cc1)C(=O)NO. The van der Waals surface area contributed by atoms with Gasteiger partial charge in [0.25, 0.3) is 11.8 Å². The molecule has 0 fully saturated rings. The summed E-state index contributed by atoms with van der Waals surface area (Å²) in [5.41, 5.74) is -0.154. The Morgan fingerprint density at radius 3 is 2.08 bits per heavy atom.